The summed E-state index contributed by atoms with van der Waals surface area (Å²) < 4.78 is 0. The zero-order valence-electron chi connectivity index (χ0n) is 15.6. The van der Waals surface area contributed by atoms with Gasteiger partial charge in [0.2, 0.25) is 11.8 Å². The number of piperidine rings is 1. The average molecular weight is 378 g/mol. The molecule has 2 aliphatic rings. The summed E-state index contributed by atoms with van der Waals surface area (Å²) >= 11 is 5.88. The zero-order valence-corrected chi connectivity index (χ0v) is 16.3. The standard InChI is InChI=1S/C20H28ClN3O2/c1-23(18-9-15-11-20(26)24(2)12-16(15)10-18)13-19(25)22-8-7-14-3-5-17(21)6-4-14/h3-6,15-16,18H,7-13H2,1-2H3,(H,22,25)/t15-,16+,18-/m1/s1. The van der Waals surface area contributed by atoms with Gasteiger partial charge in [-0.2, -0.15) is 0 Å². The van der Waals surface area contributed by atoms with Crippen LogP contribution in [0, 0.1) is 11.8 Å². The van der Waals surface area contributed by atoms with Crippen molar-refractivity contribution in [3.8, 4) is 0 Å². The van der Waals surface area contributed by atoms with Crippen LogP contribution >= 0.6 is 11.6 Å². The SMILES string of the molecule is CN1C[C@@H]2C[C@H](N(C)CC(=O)NCCc3ccc(Cl)cc3)C[C@@H]2CC1=O. The monoisotopic (exact) mass is 377 g/mol. The van der Waals surface area contributed by atoms with E-state index < -0.39 is 0 Å². The summed E-state index contributed by atoms with van der Waals surface area (Å²) in [5, 5.41) is 3.73. The highest BCUT2D eigenvalue weighted by molar-refractivity contribution is 6.30. The van der Waals surface area contributed by atoms with E-state index in [1.807, 2.05) is 43.3 Å². The molecule has 1 heterocycles. The van der Waals surface area contributed by atoms with E-state index in [0.717, 1.165) is 36.4 Å². The van der Waals surface area contributed by atoms with E-state index in [0.29, 0.717) is 37.4 Å². The fraction of sp³-hybridized carbons (Fsp3) is 0.600. The molecule has 0 bridgehead atoms. The minimum absolute atomic E-state index is 0.0597. The van der Waals surface area contributed by atoms with Crippen molar-refractivity contribution in [1.82, 2.24) is 15.1 Å². The Morgan fingerprint density at radius 2 is 1.96 bits per heavy atom. The second-order valence-corrected chi connectivity index (χ2v) is 8.20. The summed E-state index contributed by atoms with van der Waals surface area (Å²) in [6.45, 7) is 1.90. The lowest BCUT2D eigenvalue weighted by Crippen LogP contribution is -2.40. The van der Waals surface area contributed by atoms with Crippen molar-refractivity contribution in [1.29, 1.82) is 0 Å². The Morgan fingerprint density at radius 1 is 1.27 bits per heavy atom. The van der Waals surface area contributed by atoms with Crippen LogP contribution in [0.5, 0.6) is 0 Å². The minimum Gasteiger partial charge on any atom is -0.355 e. The number of nitrogens with zero attached hydrogens (tertiary/aromatic N) is 2. The molecule has 2 amide bonds. The molecule has 3 atom stereocenters. The highest BCUT2D eigenvalue weighted by Crippen LogP contribution is 2.39. The number of amides is 2. The van der Waals surface area contributed by atoms with Crippen LogP contribution < -0.4 is 5.32 Å². The van der Waals surface area contributed by atoms with Gasteiger partial charge in [-0.1, -0.05) is 23.7 Å². The minimum atomic E-state index is 0.0597. The van der Waals surface area contributed by atoms with E-state index in [1.165, 1.54) is 0 Å². The number of likely N-dealkylation sites (tertiary alicyclic amines) is 1. The Morgan fingerprint density at radius 3 is 2.69 bits per heavy atom. The molecular weight excluding hydrogens is 350 g/mol. The molecule has 0 radical (unpaired) electrons. The molecule has 26 heavy (non-hydrogen) atoms. The zero-order chi connectivity index (χ0) is 18.7. The van der Waals surface area contributed by atoms with Gasteiger partial charge >= 0.3 is 0 Å². The maximum absolute atomic E-state index is 12.2. The lowest BCUT2D eigenvalue weighted by molar-refractivity contribution is -0.135. The van der Waals surface area contributed by atoms with Gasteiger partial charge in [0.15, 0.2) is 0 Å². The highest BCUT2D eigenvalue weighted by Gasteiger charge is 2.41. The van der Waals surface area contributed by atoms with Gasteiger partial charge < -0.3 is 10.2 Å². The molecule has 1 aromatic rings. The number of halogens is 1. The average Bonchev–Trinajstić information content (AvgIpc) is 3.00. The van der Waals surface area contributed by atoms with Gasteiger partial charge in [0, 0.05) is 37.6 Å². The van der Waals surface area contributed by atoms with Crippen LogP contribution in [0.4, 0.5) is 0 Å². The van der Waals surface area contributed by atoms with E-state index in [9.17, 15) is 9.59 Å². The van der Waals surface area contributed by atoms with Crippen molar-refractivity contribution in [2.75, 3.05) is 33.7 Å². The van der Waals surface area contributed by atoms with Gasteiger partial charge in [-0.3, -0.25) is 14.5 Å². The predicted octanol–water partition coefficient (Wildman–Crippen LogP) is 2.19. The molecule has 6 heteroatoms. The second-order valence-electron chi connectivity index (χ2n) is 7.77. The fourth-order valence-electron chi connectivity index (χ4n) is 4.26. The summed E-state index contributed by atoms with van der Waals surface area (Å²) in [5.74, 6) is 1.39. The first-order chi connectivity index (χ1) is 12.4. The number of hydrogen-bond donors (Lipinski definition) is 1. The first kappa shape index (κ1) is 19.2. The quantitative estimate of drug-likeness (QED) is 0.826. The smallest absolute Gasteiger partial charge is 0.234 e. The topological polar surface area (TPSA) is 52.6 Å². The van der Waals surface area contributed by atoms with Crippen molar-refractivity contribution < 1.29 is 9.59 Å². The van der Waals surface area contributed by atoms with Crippen LogP contribution in [0.3, 0.4) is 0 Å². The molecule has 0 aromatic heterocycles. The molecule has 1 aliphatic heterocycles. The van der Waals surface area contributed by atoms with E-state index in [-0.39, 0.29) is 11.8 Å². The van der Waals surface area contributed by atoms with E-state index >= 15 is 0 Å². The third kappa shape index (κ3) is 4.77. The Bertz CT molecular complexity index is 649. The van der Waals surface area contributed by atoms with E-state index in [1.54, 1.807) is 0 Å². The summed E-state index contributed by atoms with van der Waals surface area (Å²) in [5.41, 5.74) is 1.16. The van der Waals surface area contributed by atoms with E-state index in [4.69, 9.17) is 11.6 Å². The lowest BCUT2D eigenvalue weighted by Gasteiger charge is -2.31. The Labute approximate surface area is 160 Å². The Balaban J connectivity index is 1.40. The number of nitrogens with one attached hydrogen (secondary N) is 1. The third-order valence-electron chi connectivity index (χ3n) is 5.85. The highest BCUT2D eigenvalue weighted by atomic mass is 35.5. The number of carbonyl (C=O) groups excluding carboxylic acids is 2. The second kappa shape index (κ2) is 8.40. The van der Waals surface area contributed by atoms with Gasteiger partial charge in [-0.25, -0.2) is 0 Å². The molecule has 1 saturated carbocycles. The van der Waals surface area contributed by atoms with Gasteiger partial charge in [0.25, 0.3) is 0 Å². The van der Waals surface area contributed by atoms with Crippen LogP contribution in [0.25, 0.3) is 0 Å². The fourth-order valence-corrected chi connectivity index (χ4v) is 4.38. The van der Waals surface area contributed by atoms with Crippen molar-refractivity contribution >= 4 is 23.4 Å². The number of carbonyl (C=O) groups is 2. The number of fused-ring (bicyclic) bond motifs is 1. The number of rotatable bonds is 6. The van der Waals surface area contributed by atoms with Crippen LogP contribution in [0.2, 0.25) is 5.02 Å². The molecule has 3 rings (SSSR count). The molecule has 1 aromatic carbocycles. The van der Waals surface area contributed by atoms with Gasteiger partial charge in [0.05, 0.1) is 6.54 Å². The maximum atomic E-state index is 12.2. The molecule has 1 N–H and O–H groups in total. The molecular formula is C20H28ClN3O2. The molecule has 5 nitrogen and oxygen atoms in total. The Kier molecular flexibility index (Phi) is 6.20. The third-order valence-corrected chi connectivity index (χ3v) is 6.10. The van der Waals surface area contributed by atoms with Crippen molar-refractivity contribution in [2.24, 2.45) is 11.8 Å². The summed E-state index contributed by atoms with van der Waals surface area (Å²) in [4.78, 5) is 28.1. The van der Waals surface area contributed by atoms with E-state index in [2.05, 4.69) is 10.2 Å². The summed E-state index contributed by atoms with van der Waals surface area (Å²) in [6, 6.07) is 8.10. The first-order valence-electron chi connectivity index (χ1n) is 9.37. The number of hydrogen-bond acceptors (Lipinski definition) is 3. The molecule has 1 aliphatic carbocycles. The number of likely N-dealkylation sites (N-methyl/N-ethyl adjacent to an activating group) is 1. The van der Waals surface area contributed by atoms with Crippen molar-refractivity contribution in [3.63, 3.8) is 0 Å². The molecule has 2 fully saturated rings. The van der Waals surface area contributed by atoms with Crippen LogP contribution in [-0.4, -0.2) is 61.4 Å². The van der Waals surface area contributed by atoms with Gasteiger partial charge in [-0.15, -0.1) is 0 Å². The maximum Gasteiger partial charge on any atom is 0.234 e. The van der Waals surface area contributed by atoms with Crippen LogP contribution in [0.15, 0.2) is 24.3 Å². The predicted molar refractivity (Wildman–Crippen MR) is 103 cm³/mol. The largest absolute Gasteiger partial charge is 0.355 e. The van der Waals surface area contributed by atoms with Crippen LogP contribution in [0.1, 0.15) is 24.8 Å². The first-order valence-corrected chi connectivity index (χ1v) is 9.75. The molecule has 1 saturated heterocycles. The summed E-state index contributed by atoms with van der Waals surface area (Å²) in [6.07, 6.45) is 3.57. The number of benzene rings is 1. The normalized spacial score (nSPS) is 25.5. The van der Waals surface area contributed by atoms with Crippen LogP contribution in [-0.2, 0) is 16.0 Å². The molecule has 0 unspecified atom stereocenters. The van der Waals surface area contributed by atoms with Crippen molar-refractivity contribution in [2.45, 2.75) is 31.7 Å². The molecule has 0 spiro atoms. The lowest BCUT2D eigenvalue weighted by atomic mass is 9.88. The summed E-state index contributed by atoms with van der Waals surface area (Å²) in [7, 11) is 3.91. The van der Waals surface area contributed by atoms with Gasteiger partial charge in [0.1, 0.15) is 0 Å². The molecule has 142 valence electrons. The van der Waals surface area contributed by atoms with Crippen molar-refractivity contribution in [3.05, 3.63) is 34.9 Å². The Hall–Kier alpha value is -1.59. The van der Waals surface area contributed by atoms with Gasteiger partial charge in [-0.05, 0) is 55.8 Å².